The highest BCUT2D eigenvalue weighted by Gasteiger charge is 2.13. The van der Waals surface area contributed by atoms with Crippen molar-refractivity contribution in [3.8, 4) is 5.75 Å². The van der Waals surface area contributed by atoms with E-state index in [1.807, 2.05) is 24.3 Å². The minimum Gasteiger partial charge on any atom is -0.497 e. The summed E-state index contributed by atoms with van der Waals surface area (Å²) in [6.07, 6.45) is -0.335. The summed E-state index contributed by atoms with van der Waals surface area (Å²) in [5.41, 5.74) is 6.70. The Labute approximate surface area is 89.3 Å². The van der Waals surface area contributed by atoms with Crippen LogP contribution in [0, 0.1) is 0 Å². The molecule has 4 nitrogen and oxygen atoms in total. The Kier molecular flexibility index (Phi) is 4.55. The lowest BCUT2D eigenvalue weighted by Gasteiger charge is -2.16. The molecule has 0 saturated heterocycles. The van der Waals surface area contributed by atoms with Crippen LogP contribution in [0.1, 0.15) is 5.56 Å². The molecule has 0 aromatic heterocycles. The van der Waals surface area contributed by atoms with Gasteiger partial charge in [-0.05, 0) is 24.1 Å². The normalized spacial score (nSPS) is 14.7. The number of aliphatic hydroxyl groups is 2. The molecule has 1 aromatic carbocycles. The smallest absolute Gasteiger partial charge is 0.118 e. The molecule has 2 atom stereocenters. The number of aliphatic hydroxyl groups excluding tert-OH is 2. The summed E-state index contributed by atoms with van der Waals surface area (Å²) in [7, 11) is 1.61. The maximum absolute atomic E-state index is 9.29. The van der Waals surface area contributed by atoms with Gasteiger partial charge in [0.15, 0.2) is 0 Å². The summed E-state index contributed by atoms with van der Waals surface area (Å²) < 4.78 is 5.02. The van der Waals surface area contributed by atoms with Crippen molar-refractivity contribution < 1.29 is 14.9 Å². The Bertz CT molecular complexity index is 286. The molecular weight excluding hydrogens is 194 g/mol. The molecule has 1 aromatic rings. The molecule has 4 heteroatoms. The van der Waals surface area contributed by atoms with Crippen molar-refractivity contribution in [3.63, 3.8) is 0 Å². The molecule has 0 unspecified atom stereocenters. The Hall–Kier alpha value is -1.10. The second kappa shape index (κ2) is 5.70. The number of rotatable bonds is 5. The molecule has 0 heterocycles. The van der Waals surface area contributed by atoms with Crippen LogP contribution in [-0.2, 0) is 6.42 Å². The molecule has 0 radical (unpaired) electrons. The van der Waals surface area contributed by atoms with Crippen LogP contribution in [0.5, 0.6) is 5.75 Å². The van der Waals surface area contributed by atoms with E-state index in [0.29, 0.717) is 6.42 Å². The third-order valence-electron chi connectivity index (χ3n) is 2.31. The monoisotopic (exact) mass is 211 g/mol. The molecule has 84 valence electrons. The molecule has 0 spiro atoms. The van der Waals surface area contributed by atoms with Gasteiger partial charge in [-0.2, -0.15) is 0 Å². The second-order valence-electron chi connectivity index (χ2n) is 3.47. The van der Waals surface area contributed by atoms with Crippen molar-refractivity contribution in [2.24, 2.45) is 5.73 Å². The standard InChI is InChI=1S/C11H17NO3/c1-15-9-4-2-8(3-5-9)6-10(12)11(14)7-13/h2-5,10-11,13-14H,6-7,12H2,1H3/t10-,11-/m1/s1. The van der Waals surface area contributed by atoms with Gasteiger partial charge in [0.2, 0.25) is 0 Å². The molecule has 0 aliphatic heterocycles. The first-order valence-corrected chi connectivity index (χ1v) is 4.84. The van der Waals surface area contributed by atoms with Gasteiger partial charge in [0.1, 0.15) is 5.75 Å². The van der Waals surface area contributed by atoms with E-state index < -0.39 is 12.1 Å². The van der Waals surface area contributed by atoms with Gasteiger partial charge in [-0.1, -0.05) is 12.1 Å². The largest absolute Gasteiger partial charge is 0.497 e. The van der Waals surface area contributed by atoms with E-state index in [9.17, 15) is 5.11 Å². The van der Waals surface area contributed by atoms with Crippen molar-refractivity contribution in [3.05, 3.63) is 29.8 Å². The minimum atomic E-state index is -0.868. The Morgan fingerprint density at radius 2 is 1.93 bits per heavy atom. The third-order valence-corrected chi connectivity index (χ3v) is 2.31. The molecule has 0 bridgehead atoms. The summed E-state index contributed by atoms with van der Waals surface area (Å²) in [6.45, 7) is -0.308. The molecule has 0 aliphatic rings. The first-order valence-electron chi connectivity index (χ1n) is 4.84. The number of methoxy groups -OCH3 is 1. The van der Waals surface area contributed by atoms with E-state index in [-0.39, 0.29) is 6.61 Å². The van der Waals surface area contributed by atoms with Crippen LogP contribution < -0.4 is 10.5 Å². The SMILES string of the molecule is COc1ccc(C[C@@H](N)[C@H](O)CO)cc1. The zero-order valence-electron chi connectivity index (χ0n) is 8.76. The predicted octanol–water partition coefficient (Wildman–Crippen LogP) is -0.0818. The minimum absolute atomic E-state index is 0.308. The maximum atomic E-state index is 9.29. The Morgan fingerprint density at radius 1 is 1.33 bits per heavy atom. The first kappa shape index (κ1) is 12.0. The zero-order chi connectivity index (χ0) is 11.3. The Morgan fingerprint density at radius 3 is 2.40 bits per heavy atom. The molecule has 1 rings (SSSR count). The maximum Gasteiger partial charge on any atom is 0.118 e. The lowest BCUT2D eigenvalue weighted by Crippen LogP contribution is -2.38. The quantitative estimate of drug-likeness (QED) is 0.636. The van der Waals surface area contributed by atoms with E-state index >= 15 is 0 Å². The number of ether oxygens (including phenoxy) is 1. The highest BCUT2D eigenvalue weighted by Crippen LogP contribution is 2.12. The van der Waals surface area contributed by atoms with E-state index in [4.69, 9.17) is 15.6 Å². The Balaban J connectivity index is 2.57. The van der Waals surface area contributed by atoms with Crippen LogP contribution >= 0.6 is 0 Å². The van der Waals surface area contributed by atoms with E-state index in [2.05, 4.69) is 0 Å². The second-order valence-corrected chi connectivity index (χ2v) is 3.47. The molecular formula is C11H17NO3. The van der Waals surface area contributed by atoms with E-state index in [1.54, 1.807) is 7.11 Å². The number of hydrogen-bond acceptors (Lipinski definition) is 4. The van der Waals surface area contributed by atoms with Crippen LogP contribution in [0.15, 0.2) is 24.3 Å². The fourth-order valence-electron chi connectivity index (χ4n) is 1.31. The average molecular weight is 211 g/mol. The number of benzene rings is 1. The van der Waals surface area contributed by atoms with Gasteiger partial charge in [-0.3, -0.25) is 0 Å². The molecule has 15 heavy (non-hydrogen) atoms. The van der Waals surface area contributed by atoms with Gasteiger partial charge in [0.05, 0.1) is 19.8 Å². The van der Waals surface area contributed by atoms with Crippen LogP contribution in [-0.4, -0.2) is 36.1 Å². The van der Waals surface area contributed by atoms with Gasteiger partial charge in [0.25, 0.3) is 0 Å². The highest BCUT2D eigenvalue weighted by atomic mass is 16.5. The van der Waals surface area contributed by atoms with Gasteiger partial charge in [-0.15, -0.1) is 0 Å². The van der Waals surface area contributed by atoms with Crippen molar-refractivity contribution in [1.29, 1.82) is 0 Å². The molecule has 0 amide bonds. The summed E-state index contributed by atoms with van der Waals surface area (Å²) in [5, 5.41) is 18.0. The van der Waals surface area contributed by atoms with Gasteiger partial charge >= 0.3 is 0 Å². The van der Waals surface area contributed by atoms with Crippen LogP contribution in [0.3, 0.4) is 0 Å². The van der Waals surface area contributed by atoms with Crippen molar-refractivity contribution >= 4 is 0 Å². The highest BCUT2D eigenvalue weighted by molar-refractivity contribution is 5.27. The van der Waals surface area contributed by atoms with Gasteiger partial charge in [-0.25, -0.2) is 0 Å². The zero-order valence-corrected chi connectivity index (χ0v) is 8.76. The van der Waals surface area contributed by atoms with Crippen molar-refractivity contribution in [2.45, 2.75) is 18.6 Å². The lowest BCUT2D eigenvalue weighted by molar-refractivity contribution is 0.0742. The predicted molar refractivity (Wildman–Crippen MR) is 57.8 cm³/mol. The molecule has 4 N–H and O–H groups in total. The molecule has 0 saturated carbocycles. The van der Waals surface area contributed by atoms with Gasteiger partial charge in [0, 0.05) is 6.04 Å². The topological polar surface area (TPSA) is 75.7 Å². The van der Waals surface area contributed by atoms with E-state index in [1.165, 1.54) is 0 Å². The molecule has 0 fully saturated rings. The van der Waals surface area contributed by atoms with Crippen molar-refractivity contribution in [1.82, 2.24) is 0 Å². The fourth-order valence-corrected chi connectivity index (χ4v) is 1.31. The molecule has 0 aliphatic carbocycles. The van der Waals surface area contributed by atoms with Gasteiger partial charge < -0.3 is 20.7 Å². The van der Waals surface area contributed by atoms with Crippen LogP contribution in [0.25, 0.3) is 0 Å². The first-order chi connectivity index (χ1) is 7.17. The fraction of sp³-hybridized carbons (Fsp3) is 0.455. The third kappa shape index (κ3) is 3.51. The van der Waals surface area contributed by atoms with Crippen LogP contribution in [0.2, 0.25) is 0 Å². The summed E-state index contributed by atoms with van der Waals surface area (Å²) in [5.74, 6) is 0.787. The van der Waals surface area contributed by atoms with E-state index in [0.717, 1.165) is 11.3 Å². The average Bonchev–Trinajstić information content (AvgIpc) is 2.29. The number of nitrogens with two attached hydrogens (primary N) is 1. The summed E-state index contributed by atoms with van der Waals surface area (Å²) >= 11 is 0. The summed E-state index contributed by atoms with van der Waals surface area (Å²) in [6, 6.07) is 7.02. The van der Waals surface area contributed by atoms with Crippen molar-refractivity contribution in [2.75, 3.05) is 13.7 Å². The summed E-state index contributed by atoms with van der Waals surface area (Å²) in [4.78, 5) is 0. The lowest BCUT2D eigenvalue weighted by atomic mass is 10.0. The number of hydrogen-bond donors (Lipinski definition) is 3. The van der Waals surface area contributed by atoms with Crippen LogP contribution in [0.4, 0.5) is 0 Å².